The lowest BCUT2D eigenvalue weighted by Gasteiger charge is -2.02. The van der Waals surface area contributed by atoms with Crippen LogP contribution in [0, 0.1) is 11.3 Å². The van der Waals surface area contributed by atoms with Crippen LogP contribution in [0.1, 0.15) is 34.1 Å². The Hall–Kier alpha value is -2.50. The molecule has 1 atom stereocenters. The standard InChI is InChI=1S/C16H22N4O2/c1-5-10(2)6-7-11(3)18-12(4)13(9-17)8-14-15(21)20-16(22)19-14/h6-10,17H,5H2,1-4H3,(H2,19,20,21,22)/b7-6-,13-12+,14-8-,17-9?,18-11-/t10-/m1/s1. The first-order chi connectivity index (χ1) is 10.4. The molecule has 0 aromatic heterocycles. The van der Waals surface area contributed by atoms with Gasteiger partial charge in [-0.2, -0.15) is 0 Å². The predicted octanol–water partition coefficient (Wildman–Crippen LogP) is 2.70. The zero-order valence-corrected chi connectivity index (χ0v) is 13.4. The Morgan fingerprint density at radius 2 is 2.00 bits per heavy atom. The number of aliphatic imine (C=N–C) groups is 1. The molecule has 6 heteroatoms. The third-order valence-corrected chi connectivity index (χ3v) is 3.25. The van der Waals surface area contributed by atoms with Crippen molar-refractivity contribution in [1.82, 2.24) is 10.6 Å². The quantitative estimate of drug-likeness (QED) is 0.399. The summed E-state index contributed by atoms with van der Waals surface area (Å²) in [5.74, 6) is -0.0225. The molecule has 1 heterocycles. The number of hydrogen-bond donors (Lipinski definition) is 3. The Labute approximate surface area is 130 Å². The van der Waals surface area contributed by atoms with Gasteiger partial charge in [-0.25, -0.2) is 4.79 Å². The van der Waals surface area contributed by atoms with Crippen LogP contribution in [0.15, 0.2) is 40.2 Å². The van der Waals surface area contributed by atoms with Crippen molar-refractivity contribution >= 4 is 23.9 Å². The van der Waals surface area contributed by atoms with Crippen LogP contribution in [0.3, 0.4) is 0 Å². The lowest BCUT2D eigenvalue weighted by molar-refractivity contribution is -0.115. The van der Waals surface area contributed by atoms with E-state index in [2.05, 4.69) is 35.5 Å². The summed E-state index contributed by atoms with van der Waals surface area (Å²) in [6.07, 6.45) is 7.63. The third kappa shape index (κ3) is 5.12. The lowest BCUT2D eigenvalue weighted by atomic mass is 10.1. The van der Waals surface area contributed by atoms with E-state index in [0.717, 1.165) is 18.3 Å². The van der Waals surface area contributed by atoms with Gasteiger partial charge in [0, 0.05) is 23.2 Å². The van der Waals surface area contributed by atoms with E-state index in [1.807, 2.05) is 13.0 Å². The van der Waals surface area contributed by atoms with Crippen LogP contribution in [0.25, 0.3) is 0 Å². The largest absolute Gasteiger partial charge is 0.326 e. The Kier molecular flexibility index (Phi) is 6.44. The molecule has 3 N–H and O–H groups in total. The van der Waals surface area contributed by atoms with Gasteiger partial charge in [0.25, 0.3) is 5.91 Å². The number of amides is 3. The van der Waals surface area contributed by atoms with Gasteiger partial charge in [0.05, 0.1) is 0 Å². The molecule has 1 aliphatic rings. The molecule has 22 heavy (non-hydrogen) atoms. The minimum Gasteiger partial charge on any atom is -0.308 e. The smallest absolute Gasteiger partial charge is 0.308 e. The highest BCUT2D eigenvalue weighted by Crippen LogP contribution is 2.10. The number of nitrogens with zero attached hydrogens (tertiary/aromatic N) is 1. The second-order valence-corrected chi connectivity index (χ2v) is 5.15. The first-order valence-electron chi connectivity index (χ1n) is 7.16. The Morgan fingerprint density at radius 3 is 2.50 bits per heavy atom. The van der Waals surface area contributed by atoms with E-state index in [4.69, 9.17) is 5.41 Å². The molecule has 3 amide bonds. The van der Waals surface area contributed by atoms with E-state index in [-0.39, 0.29) is 5.70 Å². The topological polar surface area (TPSA) is 94.4 Å². The second-order valence-electron chi connectivity index (χ2n) is 5.15. The van der Waals surface area contributed by atoms with Gasteiger partial charge >= 0.3 is 6.03 Å². The highest BCUT2D eigenvalue weighted by Gasteiger charge is 2.23. The fourth-order valence-corrected chi connectivity index (χ4v) is 1.69. The Morgan fingerprint density at radius 1 is 1.32 bits per heavy atom. The molecular weight excluding hydrogens is 280 g/mol. The summed E-state index contributed by atoms with van der Waals surface area (Å²) < 4.78 is 0. The van der Waals surface area contributed by atoms with Gasteiger partial charge in [0.15, 0.2) is 0 Å². The number of carbonyl (C=O) groups excluding carboxylic acids is 2. The maximum atomic E-state index is 11.5. The van der Waals surface area contributed by atoms with Gasteiger partial charge in [-0.05, 0) is 31.9 Å². The molecule has 1 aliphatic heterocycles. The van der Waals surface area contributed by atoms with Crippen LogP contribution >= 0.6 is 0 Å². The van der Waals surface area contributed by atoms with Crippen molar-refractivity contribution < 1.29 is 9.59 Å². The summed E-state index contributed by atoms with van der Waals surface area (Å²) in [6.45, 7) is 7.88. The normalized spacial score (nSPS) is 20.0. The molecule has 0 saturated carbocycles. The summed E-state index contributed by atoms with van der Waals surface area (Å²) in [5.41, 5.74) is 1.99. The van der Waals surface area contributed by atoms with Gasteiger partial charge in [0.2, 0.25) is 0 Å². The van der Waals surface area contributed by atoms with Crippen molar-refractivity contribution in [2.75, 3.05) is 0 Å². The average molecular weight is 302 g/mol. The zero-order valence-electron chi connectivity index (χ0n) is 13.4. The molecule has 0 spiro atoms. The fraction of sp³-hybridized carbons (Fsp3) is 0.375. The fourth-order valence-electron chi connectivity index (χ4n) is 1.69. The Balaban J connectivity index is 3.00. The number of allylic oxidation sites excluding steroid dienone is 5. The van der Waals surface area contributed by atoms with Gasteiger partial charge in [-0.15, -0.1) is 0 Å². The van der Waals surface area contributed by atoms with Crippen LogP contribution in [-0.2, 0) is 4.79 Å². The van der Waals surface area contributed by atoms with E-state index >= 15 is 0 Å². The van der Waals surface area contributed by atoms with Crippen molar-refractivity contribution in [1.29, 1.82) is 5.41 Å². The molecule has 0 aliphatic carbocycles. The molecule has 0 unspecified atom stereocenters. The zero-order chi connectivity index (χ0) is 16.7. The maximum Gasteiger partial charge on any atom is 0.326 e. The molecule has 1 rings (SSSR count). The summed E-state index contributed by atoms with van der Waals surface area (Å²) >= 11 is 0. The van der Waals surface area contributed by atoms with Crippen LogP contribution in [-0.4, -0.2) is 23.9 Å². The lowest BCUT2D eigenvalue weighted by Crippen LogP contribution is -2.22. The first-order valence-corrected chi connectivity index (χ1v) is 7.16. The number of urea groups is 1. The molecule has 0 aromatic carbocycles. The van der Waals surface area contributed by atoms with Crippen LogP contribution in [0.2, 0.25) is 0 Å². The number of carbonyl (C=O) groups is 2. The van der Waals surface area contributed by atoms with Crippen molar-refractivity contribution in [3.63, 3.8) is 0 Å². The number of imide groups is 1. The predicted molar refractivity (Wildman–Crippen MR) is 87.9 cm³/mol. The molecule has 6 nitrogen and oxygen atoms in total. The van der Waals surface area contributed by atoms with Crippen molar-refractivity contribution in [3.8, 4) is 0 Å². The molecule has 1 fully saturated rings. The minimum absolute atomic E-state index is 0.117. The molecular formula is C16H22N4O2. The van der Waals surface area contributed by atoms with E-state index in [1.165, 1.54) is 6.08 Å². The van der Waals surface area contributed by atoms with Crippen molar-refractivity contribution in [2.45, 2.75) is 34.1 Å². The average Bonchev–Trinajstić information content (AvgIpc) is 2.79. The molecule has 118 valence electrons. The number of hydrogen-bond acceptors (Lipinski definition) is 4. The number of rotatable bonds is 6. The molecule has 0 bridgehead atoms. The van der Waals surface area contributed by atoms with Gasteiger partial charge < -0.3 is 10.7 Å². The highest BCUT2D eigenvalue weighted by atomic mass is 16.2. The van der Waals surface area contributed by atoms with Crippen molar-refractivity contribution in [2.24, 2.45) is 10.9 Å². The summed E-state index contributed by atoms with van der Waals surface area (Å²) in [7, 11) is 0. The summed E-state index contributed by atoms with van der Waals surface area (Å²) in [5, 5.41) is 12.0. The third-order valence-electron chi connectivity index (χ3n) is 3.25. The minimum atomic E-state index is -0.561. The van der Waals surface area contributed by atoms with E-state index < -0.39 is 11.9 Å². The van der Waals surface area contributed by atoms with E-state index in [9.17, 15) is 9.59 Å². The van der Waals surface area contributed by atoms with Gasteiger partial charge in [-0.3, -0.25) is 15.1 Å². The summed E-state index contributed by atoms with van der Waals surface area (Å²) in [6, 6.07) is -0.561. The maximum absolute atomic E-state index is 11.5. The van der Waals surface area contributed by atoms with Crippen molar-refractivity contribution in [3.05, 3.63) is 35.2 Å². The Bertz CT molecular complexity index is 597. The van der Waals surface area contributed by atoms with Gasteiger partial charge in [-0.1, -0.05) is 26.3 Å². The number of nitrogens with one attached hydrogen (secondary N) is 3. The monoisotopic (exact) mass is 302 g/mol. The van der Waals surface area contributed by atoms with Crippen LogP contribution in [0.4, 0.5) is 4.79 Å². The molecule has 0 radical (unpaired) electrons. The van der Waals surface area contributed by atoms with E-state index in [1.54, 1.807) is 6.92 Å². The SMILES string of the molecule is CC[C@@H](C)\C=C/C(C)=N\C(C)=C(C=N)/C=C1\NC(=O)NC1=O. The molecule has 0 aromatic rings. The summed E-state index contributed by atoms with van der Waals surface area (Å²) in [4.78, 5) is 27.0. The van der Waals surface area contributed by atoms with E-state index in [0.29, 0.717) is 17.2 Å². The van der Waals surface area contributed by atoms with Crippen LogP contribution in [0.5, 0.6) is 0 Å². The van der Waals surface area contributed by atoms with Gasteiger partial charge in [0.1, 0.15) is 5.70 Å². The van der Waals surface area contributed by atoms with Crippen LogP contribution < -0.4 is 10.6 Å². The molecule has 1 saturated heterocycles. The highest BCUT2D eigenvalue weighted by molar-refractivity contribution is 6.12. The second kappa shape index (κ2) is 8.07. The first kappa shape index (κ1) is 17.6.